The third kappa shape index (κ3) is 2.70. The first-order valence-electron chi connectivity index (χ1n) is 5.18. The number of hydrogen-bond acceptors (Lipinski definition) is 3. The summed E-state index contributed by atoms with van der Waals surface area (Å²) in [5.74, 6) is 0. The zero-order valence-corrected chi connectivity index (χ0v) is 9.09. The minimum Gasteiger partial charge on any atom is -0.392 e. The minimum atomic E-state index is -0.309. The largest absolute Gasteiger partial charge is 0.392 e. The van der Waals surface area contributed by atoms with E-state index in [-0.39, 0.29) is 17.7 Å². The lowest BCUT2D eigenvalue weighted by Crippen LogP contribution is -2.28. The molecule has 0 aliphatic heterocycles. The van der Waals surface area contributed by atoms with Gasteiger partial charge in [-0.15, -0.1) is 0 Å². The van der Waals surface area contributed by atoms with Gasteiger partial charge in [-0.1, -0.05) is 24.3 Å². The molecular weight excluding hydrogens is 220 g/mol. The van der Waals surface area contributed by atoms with Crippen molar-refractivity contribution in [3.63, 3.8) is 0 Å². The van der Waals surface area contributed by atoms with Crippen molar-refractivity contribution >= 4 is 0 Å². The number of H-pyrrole nitrogens is 1. The summed E-state index contributed by atoms with van der Waals surface area (Å²) in [6.45, 7) is 0.295. The van der Waals surface area contributed by atoms with E-state index in [9.17, 15) is 9.59 Å². The van der Waals surface area contributed by atoms with Crippen LogP contribution in [-0.2, 0) is 13.2 Å². The molecule has 88 valence electrons. The molecule has 2 N–H and O–H groups in total. The topological polar surface area (TPSA) is 75.1 Å². The molecule has 17 heavy (non-hydrogen) atoms. The molecule has 0 spiro atoms. The van der Waals surface area contributed by atoms with Gasteiger partial charge < -0.3 is 5.11 Å². The van der Waals surface area contributed by atoms with Gasteiger partial charge >= 0.3 is 0 Å². The van der Waals surface area contributed by atoms with Crippen molar-refractivity contribution < 1.29 is 5.11 Å². The highest BCUT2D eigenvalue weighted by Crippen LogP contribution is 2.04. The second kappa shape index (κ2) is 4.80. The Morgan fingerprint density at radius 3 is 2.29 bits per heavy atom. The Hall–Kier alpha value is -2.14. The van der Waals surface area contributed by atoms with Gasteiger partial charge in [0.25, 0.3) is 11.1 Å². The number of aliphatic hydroxyl groups excluding tert-OH is 1. The van der Waals surface area contributed by atoms with Gasteiger partial charge in [-0.25, -0.2) is 4.68 Å². The molecule has 2 rings (SSSR count). The van der Waals surface area contributed by atoms with Gasteiger partial charge in [0.2, 0.25) is 0 Å². The summed E-state index contributed by atoms with van der Waals surface area (Å²) in [6.07, 6.45) is 0. The number of aromatic amines is 1. The molecule has 0 fully saturated rings. The van der Waals surface area contributed by atoms with Gasteiger partial charge in [0.15, 0.2) is 0 Å². The SMILES string of the molecule is O=c1ccc(=O)n(Cc2ccc(CO)cc2)[nH]1. The van der Waals surface area contributed by atoms with E-state index >= 15 is 0 Å². The van der Waals surface area contributed by atoms with Gasteiger partial charge in [0.1, 0.15) is 0 Å². The molecule has 0 bridgehead atoms. The van der Waals surface area contributed by atoms with Crippen LogP contribution in [0.25, 0.3) is 0 Å². The Labute approximate surface area is 97.0 Å². The lowest BCUT2D eigenvalue weighted by Gasteiger charge is -2.05. The molecular formula is C12H12N2O3. The molecule has 1 aromatic carbocycles. The maximum atomic E-state index is 11.5. The average molecular weight is 232 g/mol. The Kier molecular flexibility index (Phi) is 3.20. The molecule has 1 heterocycles. The molecule has 0 unspecified atom stereocenters. The molecule has 0 amide bonds. The van der Waals surface area contributed by atoms with Crippen LogP contribution in [0.5, 0.6) is 0 Å². The summed E-state index contributed by atoms with van der Waals surface area (Å²) in [4.78, 5) is 22.5. The standard InChI is InChI=1S/C12H12N2O3/c15-8-10-3-1-9(2-4-10)7-14-12(17)6-5-11(16)13-14/h1-6,15H,7-8H2,(H,13,16). The zero-order valence-electron chi connectivity index (χ0n) is 9.09. The Morgan fingerprint density at radius 2 is 1.65 bits per heavy atom. The van der Waals surface area contributed by atoms with Crippen LogP contribution >= 0.6 is 0 Å². The molecule has 0 saturated heterocycles. The molecule has 2 aromatic rings. The summed E-state index contributed by atoms with van der Waals surface area (Å²) in [5.41, 5.74) is 1.13. The van der Waals surface area contributed by atoms with E-state index in [2.05, 4.69) is 5.10 Å². The van der Waals surface area contributed by atoms with Crippen molar-refractivity contribution in [1.82, 2.24) is 9.78 Å². The molecule has 1 aromatic heterocycles. The smallest absolute Gasteiger partial charge is 0.265 e. The van der Waals surface area contributed by atoms with Crippen LogP contribution in [0.4, 0.5) is 0 Å². The fourth-order valence-electron chi connectivity index (χ4n) is 1.51. The van der Waals surface area contributed by atoms with Crippen molar-refractivity contribution in [2.24, 2.45) is 0 Å². The summed E-state index contributed by atoms with van der Waals surface area (Å²) in [5, 5.41) is 11.3. The molecule has 5 heteroatoms. The molecule has 0 saturated carbocycles. The first kappa shape index (κ1) is 11.3. The average Bonchev–Trinajstić information content (AvgIpc) is 2.35. The molecule has 0 radical (unpaired) electrons. The summed E-state index contributed by atoms with van der Waals surface area (Å²) in [7, 11) is 0. The first-order valence-corrected chi connectivity index (χ1v) is 5.18. The quantitative estimate of drug-likeness (QED) is 0.786. The maximum absolute atomic E-state index is 11.5. The lowest BCUT2D eigenvalue weighted by molar-refractivity contribution is 0.282. The Morgan fingerprint density at radius 1 is 1.00 bits per heavy atom. The van der Waals surface area contributed by atoms with Crippen LogP contribution in [0, 0.1) is 0 Å². The van der Waals surface area contributed by atoms with Crippen LogP contribution < -0.4 is 11.1 Å². The number of nitrogens with one attached hydrogen (secondary N) is 1. The van der Waals surface area contributed by atoms with E-state index in [0.717, 1.165) is 11.1 Å². The zero-order chi connectivity index (χ0) is 12.3. The number of hydrogen-bond donors (Lipinski definition) is 2. The van der Waals surface area contributed by atoms with E-state index in [0.29, 0.717) is 6.54 Å². The molecule has 0 aliphatic rings. The first-order chi connectivity index (χ1) is 8.19. The highest BCUT2D eigenvalue weighted by atomic mass is 16.3. The van der Waals surface area contributed by atoms with Crippen molar-refractivity contribution in [2.45, 2.75) is 13.2 Å². The van der Waals surface area contributed by atoms with Crippen molar-refractivity contribution in [2.75, 3.05) is 0 Å². The van der Waals surface area contributed by atoms with Gasteiger partial charge in [-0.3, -0.25) is 14.7 Å². The maximum Gasteiger partial charge on any atom is 0.265 e. The fraction of sp³-hybridized carbons (Fsp3) is 0.167. The van der Waals surface area contributed by atoms with Gasteiger partial charge in [-0.05, 0) is 11.1 Å². The van der Waals surface area contributed by atoms with Gasteiger partial charge in [0, 0.05) is 12.1 Å². The second-order valence-corrected chi connectivity index (χ2v) is 3.71. The van der Waals surface area contributed by atoms with Crippen LogP contribution in [-0.4, -0.2) is 14.9 Å². The Balaban J connectivity index is 2.28. The van der Waals surface area contributed by atoms with Crippen LogP contribution in [0.1, 0.15) is 11.1 Å². The number of aromatic nitrogens is 2. The number of aliphatic hydroxyl groups is 1. The Bertz CT molecular complexity index is 611. The highest BCUT2D eigenvalue weighted by Gasteiger charge is 1.99. The normalized spacial score (nSPS) is 10.4. The van der Waals surface area contributed by atoms with E-state index < -0.39 is 0 Å². The summed E-state index contributed by atoms with van der Waals surface area (Å²) in [6, 6.07) is 9.62. The van der Waals surface area contributed by atoms with Gasteiger partial charge in [-0.2, -0.15) is 0 Å². The van der Waals surface area contributed by atoms with E-state index in [1.165, 1.54) is 16.8 Å². The van der Waals surface area contributed by atoms with Crippen LogP contribution in [0.2, 0.25) is 0 Å². The lowest BCUT2D eigenvalue weighted by atomic mass is 10.1. The minimum absolute atomic E-state index is 0.0115. The molecule has 5 nitrogen and oxygen atoms in total. The van der Waals surface area contributed by atoms with Crippen LogP contribution in [0.3, 0.4) is 0 Å². The van der Waals surface area contributed by atoms with Crippen molar-refractivity contribution in [3.8, 4) is 0 Å². The highest BCUT2D eigenvalue weighted by molar-refractivity contribution is 5.22. The van der Waals surface area contributed by atoms with Gasteiger partial charge in [0.05, 0.1) is 13.2 Å². The number of benzene rings is 1. The monoisotopic (exact) mass is 232 g/mol. The number of rotatable bonds is 3. The van der Waals surface area contributed by atoms with Crippen molar-refractivity contribution in [3.05, 3.63) is 68.2 Å². The molecule has 0 atom stereocenters. The fourth-order valence-corrected chi connectivity index (χ4v) is 1.51. The molecule has 0 aliphatic carbocycles. The summed E-state index contributed by atoms with van der Waals surface area (Å²) < 4.78 is 1.25. The summed E-state index contributed by atoms with van der Waals surface area (Å²) >= 11 is 0. The second-order valence-electron chi connectivity index (χ2n) is 3.71. The van der Waals surface area contributed by atoms with Crippen LogP contribution in [0.15, 0.2) is 46.0 Å². The van der Waals surface area contributed by atoms with E-state index in [1.807, 2.05) is 12.1 Å². The predicted octanol–water partition coefficient (Wildman–Crippen LogP) is 0.0772. The third-order valence-electron chi connectivity index (χ3n) is 2.43. The van der Waals surface area contributed by atoms with E-state index in [4.69, 9.17) is 5.11 Å². The number of nitrogens with zero attached hydrogens (tertiary/aromatic N) is 1. The third-order valence-corrected chi connectivity index (χ3v) is 2.43. The predicted molar refractivity (Wildman–Crippen MR) is 62.8 cm³/mol. The van der Waals surface area contributed by atoms with Crippen molar-refractivity contribution in [1.29, 1.82) is 0 Å². The van der Waals surface area contributed by atoms with E-state index in [1.54, 1.807) is 12.1 Å².